The standard InChI is InChI=1S/C18H22F3N5O2/c1-23(13-6-4-3-5-7-13)15(27)12-25-10-8-14(9-11-25)26-17(28)24(2)16(22-26)18(19,20)21/h3-7,14H,8-12H2,1-2H3. The lowest BCUT2D eigenvalue weighted by atomic mass is 10.1. The first-order chi connectivity index (χ1) is 13.2. The quantitative estimate of drug-likeness (QED) is 0.791. The Kier molecular flexibility index (Phi) is 5.59. The van der Waals surface area contributed by atoms with Crippen LogP contribution in [0.5, 0.6) is 0 Å². The Morgan fingerprint density at radius 1 is 1.21 bits per heavy atom. The van der Waals surface area contributed by atoms with Crippen LogP contribution in [0.1, 0.15) is 24.7 Å². The van der Waals surface area contributed by atoms with Crippen molar-refractivity contribution < 1.29 is 18.0 Å². The molecule has 0 aliphatic carbocycles. The summed E-state index contributed by atoms with van der Waals surface area (Å²) in [5.41, 5.74) is 0.0211. The molecule has 28 heavy (non-hydrogen) atoms. The number of hydrogen-bond donors (Lipinski definition) is 0. The highest BCUT2D eigenvalue weighted by Crippen LogP contribution is 2.28. The molecule has 2 aromatic rings. The fraction of sp³-hybridized carbons (Fsp3) is 0.500. The number of nitrogens with zero attached hydrogens (tertiary/aromatic N) is 5. The van der Waals surface area contributed by atoms with Gasteiger partial charge in [0.15, 0.2) is 0 Å². The van der Waals surface area contributed by atoms with E-state index in [0.717, 1.165) is 17.4 Å². The highest BCUT2D eigenvalue weighted by Gasteiger charge is 2.39. The molecule has 2 heterocycles. The summed E-state index contributed by atoms with van der Waals surface area (Å²) in [6, 6.07) is 8.85. The number of hydrogen-bond acceptors (Lipinski definition) is 4. The lowest BCUT2D eigenvalue weighted by Gasteiger charge is -2.32. The van der Waals surface area contributed by atoms with E-state index in [1.807, 2.05) is 35.2 Å². The van der Waals surface area contributed by atoms with Gasteiger partial charge < -0.3 is 4.90 Å². The number of halogens is 3. The smallest absolute Gasteiger partial charge is 0.314 e. The van der Waals surface area contributed by atoms with E-state index in [2.05, 4.69) is 5.10 Å². The van der Waals surface area contributed by atoms with Crippen molar-refractivity contribution >= 4 is 11.6 Å². The van der Waals surface area contributed by atoms with Crippen molar-refractivity contribution in [1.82, 2.24) is 19.2 Å². The van der Waals surface area contributed by atoms with Crippen LogP contribution in [0.15, 0.2) is 35.1 Å². The Morgan fingerprint density at radius 3 is 2.36 bits per heavy atom. The maximum atomic E-state index is 12.9. The molecule has 1 aromatic carbocycles. The van der Waals surface area contributed by atoms with Gasteiger partial charge >= 0.3 is 11.9 Å². The molecule has 0 radical (unpaired) electrons. The van der Waals surface area contributed by atoms with Crippen LogP contribution in [0.2, 0.25) is 0 Å². The van der Waals surface area contributed by atoms with E-state index in [0.29, 0.717) is 30.5 Å². The number of anilines is 1. The van der Waals surface area contributed by atoms with Crippen LogP contribution in [0, 0.1) is 0 Å². The minimum absolute atomic E-state index is 0.0704. The zero-order valence-electron chi connectivity index (χ0n) is 15.7. The van der Waals surface area contributed by atoms with Crippen molar-refractivity contribution in [2.24, 2.45) is 7.05 Å². The molecule has 0 bridgehead atoms. The second kappa shape index (κ2) is 7.78. The first-order valence-corrected chi connectivity index (χ1v) is 8.95. The molecule has 0 N–H and O–H groups in total. The zero-order valence-corrected chi connectivity index (χ0v) is 15.7. The Hall–Kier alpha value is -2.62. The first kappa shape index (κ1) is 20.1. The third kappa shape index (κ3) is 4.11. The van der Waals surface area contributed by atoms with Gasteiger partial charge in [-0.3, -0.25) is 14.3 Å². The van der Waals surface area contributed by atoms with Gasteiger partial charge in [0.1, 0.15) is 0 Å². The van der Waals surface area contributed by atoms with Gasteiger partial charge in [0, 0.05) is 32.9 Å². The molecule has 1 aromatic heterocycles. The third-order valence-electron chi connectivity index (χ3n) is 5.04. The molecule has 1 fully saturated rings. The van der Waals surface area contributed by atoms with Crippen molar-refractivity contribution in [3.05, 3.63) is 46.6 Å². The number of piperidine rings is 1. The number of alkyl halides is 3. The van der Waals surface area contributed by atoms with Gasteiger partial charge in [-0.2, -0.15) is 13.2 Å². The number of rotatable bonds is 4. The lowest BCUT2D eigenvalue weighted by Crippen LogP contribution is -2.43. The van der Waals surface area contributed by atoms with Crippen molar-refractivity contribution in [3.63, 3.8) is 0 Å². The van der Waals surface area contributed by atoms with Crippen molar-refractivity contribution in [2.75, 3.05) is 31.6 Å². The minimum atomic E-state index is -4.67. The van der Waals surface area contributed by atoms with Gasteiger partial charge in [0.25, 0.3) is 0 Å². The van der Waals surface area contributed by atoms with Gasteiger partial charge in [-0.25, -0.2) is 9.48 Å². The molecule has 0 unspecified atom stereocenters. The molecule has 0 spiro atoms. The number of aromatic nitrogens is 3. The SMILES string of the molecule is CN(C(=O)CN1CCC(n2nc(C(F)(F)F)n(C)c2=O)CC1)c1ccccc1. The number of benzene rings is 1. The zero-order chi connectivity index (χ0) is 20.5. The topological polar surface area (TPSA) is 63.4 Å². The molecule has 1 aliphatic heterocycles. The third-order valence-corrected chi connectivity index (χ3v) is 5.04. The first-order valence-electron chi connectivity index (χ1n) is 8.95. The molecule has 7 nitrogen and oxygen atoms in total. The van der Waals surface area contributed by atoms with Crippen molar-refractivity contribution in [2.45, 2.75) is 25.1 Å². The Labute approximate surface area is 160 Å². The van der Waals surface area contributed by atoms with E-state index in [1.54, 1.807) is 11.9 Å². The Bertz CT molecular complexity index is 883. The average Bonchev–Trinajstić information content (AvgIpc) is 2.98. The lowest BCUT2D eigenvalue weighted by molar-refractivity contribution is -0.147. The number of carbonyl (C=O) groups excluding carboxylic acids is 1. The van der Waals surface area contributed by atoms with Crippen molar-refractivity contribution in [3.8, 4) is 0 Å². The Balaban J connectivity index is 1.61. The van der Waals surface area contributed by atoms with E-state index in [4.69, 9.17) is 0 Å². The van der Waals surface area contributed by atoms with Crippen LogP contribution >= 0.6 is 0 Å². The van der Waals surface area contributed by atoms with Gasteiger partial charge in [0.05, 0.1) is 12.6 Å². The molecular formula is C18H22F3N5O2. The second-order valence-corrected chi connectivity index (χ2v) is 6.90. The summed E-state index contributed by atoms with van der Waals surface area (Å²) < 4.78 is 40.3. The maximum Gasteiger partial charge on any atom is 0.451 e. The fourth-order valence-electron chi connectivity index (χ4n) is 3.36. The van der Waals surface area contributed by atoms with Crippen LogP contribution in [0.25, 0.3) is 0 Å². The number of amides is 1. The molecule has 0 atom stereocenters. The normalized spacial score (nSPS) is 16.3. The molecule has 1 aliphatic rings. The number of carbonyl (C=O) groups is 1. The fourth-order valence-corrected chi connectivity index (χ4v) is 3.36. The summed E-state index contributed by atoms with van der Waals surface area (Å²) in [4.78, 5) is 28.1. The van der Waals surface area contributed by atoms with E-state index >= 15 is 0 Å². The molecule has 0 saturated carbocycles. The van der Waals surface area contributed by atoms with Gasteiger partial charge in [0.2, 0.25) is 11.7 Å². The molecule has 10 heteroatoms. The van der Waals surface area contributed by atoms with Gasteiger partial charge in [-0.1, -0.05) is 18.2 Å². The summed E-state index contributed by atoms with van der Waals surface area (Å²) >= 11 is 0. The highest BCUT2D eigenvalue weighted by molar-refractivity contribution is 5.94. The van der Waals surface area contributed by atoms with E-state index in [1.165, 1.54) is 0 Å². The maximum absolute atomic E-state index is 12.9. The average molecular weight is 397 g/mol. The number of para-hydroxylation sites is 1. The van der Waals surface area contributed by atoms with E-state index < -0.39 is 23.7 Å². The monoisotopic (exact) mass is 397 g/mol. The minimum Gasteiger partial charge on any atom is -0.314 e. The summed E-state index contributed by atoms with van der Waals surface area (Å²) in [5.74, 6) is -1.27. The van der Waals surface area contributed by atoms with Crippen LogP contribution < -0.4 is 10.6 Å². The highest BCUT2D eigenvalue weighted by atomic mass is 19.4. The van der Waals surface area contributed by atoms with E-state index in [-0.39, 0.29) is 12.5 Å². The molecule has 3 rings (SSSR count). The summed E-state index contributed by atoms with van der Waals surface area (Å²) in [7, 11) is 2.78. The van der Waals surface area contributed by atoms with Crippen LogP contribution in [0.4, 0.5) is 18.9 Å². The van der Waals surface area contributed by atoms with Crippen molar-refractivity contribution in [1.29, 1.82) is 0 Å². The predicted molar refractivity (Wildman–Crippen MR) is 97.0 cm³/mol. The summed E-state index contributed by atoms with van der Waals surface area (Å²) in [6.07, 6.45) is -3.76. The number of likely N-dealkylation sites (tertiary alicyclic amines) is 1. The molecule has 152 valence electrons. The van der Waals surface area contributed by atoms with Gasteiger partial charge in [-0.15, -0.1) is 5.10 Å². The summed E-state index contributed by atoms with van der Waals surface area (Å²) in [6.45, 7) is 1.22. The number of likely N-dealkylation sites (N-methyl/N-ethyl adjacent to an activating group) is 1. The van der Waals surface area contributed by atoms with Crippen LogP contribution in [0.3, 0.4) is 0 Å². The van der Waals surface area contributed by atoms with Crippen LogP contribution in [-0.2, 0) is 18.0 Å². The van der Waals surface area contributed by atoms with Crippen LogP contribution in [-0.4, -0.2) is 51.8 Å². The van der Waals surface area contributed by atoms with Gasteiger partial charge in [-0.05, 0) is 25.0 Å². The summed E-state index contributed by atoms with van der Waals surface area (Å²) in [5, 5.41) is 3.51. The molecule has 1 amide bonds. The largest absolute Gasteiger partial charge is 0.451 e. The Morgan fingerprint density at radius 2 is 1.82 bits per heavy atom. The second-order valence-electron chi connectivity index (χ2n) is 6.90. The molecule has 1 saturated heterocycles. The van der Waals surface area contributed by atoms with E-state index in [9.17, 15) is 22.8 Å². The predicted octanol–water partition coefficient (Wildman–Crippen LogP) is 1.90. The molecular weight excluding hydrogens is 375 g/mol.